The quantitative estimate of drug-likeness (QED) is 0.711. The van der Waals surface area contributed by atoms with E-state index in [0.717, 1.165) is 12.1 Å². The molecule has 3 heterocycles. The maximum atomic E-state index is 12.6. The van der Waals surface area contributed by atoms with Crippen molar-refractivity contribution >= 4 is 21.9 Å². The van der Waals surface area contributed by atoms with Gasteiger partial charge in [-0.15, -0.1) is 0 Å². The van der Waals surface area contributed by atoms with E-state index in [0.29, 0.717) is 17.6 Å². The van der Waals surface area contributed by atoms with Crippen LogP contribution in [0.2, 0.25) is 0 Å². The lowest BCUT2D eigenvalue weighted by Crippen LogP contribution is -2.44. The predicted octanol–water partition coefficient (Wildman–Crippen LogP) is 1.99. The highest BCUT2D eigenvalue weighted by Crippen LogP contribution is 2.49. The van der Waals surface area contributed by atoms with E-state index < -0.39 is 6.04 Å². The van der Waals surface area contributed by atoms with Crippen molar-refractivity contribution in [1.29, 1.82) is 0 Å². The van der Waals surface area contributed by atoms with Crippen LogP contribution < -0.4 is 5.56 Å². The number of likely N-dealkylation sites (tertiary alicyclic amines) is 1. The molecule has 0 aliphatic carbocycles. The lowest BCUT2D eigenvalue weighted by atomic mass is 9.88. The number of aliphatic hydroxyl groups is 1. The van der Waals surface area contributed by atoms with Gasteiger partial charge < -0.3 is 14.4 Å². The molecule has 1 saturated heterocycles. The fraction of sp³-hybridized carbons (Fsp3) is 0.429. The third-order valence-corrected chi connectivity index (χ3v) is 6.69. The molecule has 0 unspecified atom stereocenters. The summed E-state index contributed by atoms with van der Waals surface area (Å²) in [6.45, 7) is 1.03. The number of fused-ring (bicyclic) bond motifs is 3. The summed E-state index contributed by atoms with van der Waals surface area (Å²) in [6, 6.07) is 13.2. The number of ether oxygens (including phenoxy) is 1. The summed E-state index contributed by atoms with van der Waals surface area (Å²) in [6.07, 6.45) is 0.774. The van der Waals surface area contributed by atoms with Gasteiger partial charge in [0.1, 0.15) is 6.04 Å². The molecule has 1 aromatic heterocycles. The molecular weight excluding hydrogens is 424 g/mol. The van der Waals surface area contributed by atoms with Gasteiger partial charge in [-0.3, -0.25) is 14.5 Å². The summed E-state index contributed by atoms with van der Waals surface area (Å²) in [5.41, 5.74) is 2.01. The standard InChI is InChI=1S/C21H23BrN2O4/c1-28-21(27)19-15(12-25)14-11-24-17(8-7-16(22)20(24)26)18(14)23(19)10-9-13-5-3-2-4-6-13/h2-8,14-15,18-19,25H,9-12H2,1H3/t14-,15-,18+,19-/m0/s1. The van der Waals surface area contributed by atoms with Crippen molar-refractivity contribution in [2.24, 2.45) is 11.8 Å². The number of rotatable bonds is 5. The van der Waals surface area contributed by atoms with Crippen LogP contribution in [0.25, 0.3) is 0 Å². The molecule has 0 radical (unpaired) electrons. The molecule has 1 N–H and O–H groups in total. The van der Waals surface area contributed by atoms with Gasteiger partial charge in [-0.05, 0) is 40.0 Å². The molecule has 4 rings (SSSR count). The van der Waals surface area contributed by atoms with Gasteiger partial charge in [0, 0.05) is 37.2 Å². The number of hydrogen-bond donors (Lipinski definition) is 1. The highest BCUT2D eigenvalue weighted by Gasteiger charge is 2.55. The van der Waals surface area contributed by atoms with E-state index in [-0.39, 0.29) is 36.0 Å². The van der Waals surface area contributed by atoms with E-state index in [1.807, 2.05) is 24.3 Å². The summed E-state index contributed by atoms with van der Waals surface area (Å²) in [5, 5.41) is 10.1. The van der Waals surface area contributed by atoms with Crippen LogP contribution in [-0.4, -0.2) is 46.8 Å². The van der Waals surface area contributed by atoms with Gasteiger partial charge in [-0.25, -0.2) is 0 Å². The Morgan fingerprint density at radius 2 is 2.00 bits per heavy atom. The Bertz CT molecular complexity index is 930. The maximum Gasteiger partial charge on any atom is 0.323 e. The van der Waals surface area contributed by atoms with Gasteiger partial charge >= 0.3 is 5.97 Å². The molecule has 0 spiro atoms. The van der Waals surface area contributed by atoms with Crippen molar-refractivity contribution in [3.8, 4) is 0 Å². The Morgan fingerprint density at radius 3 is 2.68 bits per heavy atom. The average Bonchev–Trinajstić information content (AvgIpc) is 3.24. The molecule has 1 fully saturated rings. The second-order valence-corrected chi connectivity index (χ2v) is 8.27. The topological polar surface area (TPSA) is 71.8 Å². The molecule has 1 aromatic carbocycles. The molecule has 148 valence electrons. The van der Waals surface area contributed by atoms with Crippen LogP contribution in [0.1, 0.15) is 17.3 Å². The number of methoxy groups -OCH3 is 1. The molecule has 28 heavy (non-hydrogen) atoms. The first-order valence-electron chi connectivity index (χ1n) is 9.44. The zero-order valence-corrected chi connectivity index (χ0v) is 17.2. The van der Waals surface area contributed by atoms with Crippen molar-refractivity contribution in [1.82, 2.24) is 9.47 Å². The minimum Gasteiger partial charge on any atom is -0.468 e. The first kappa shape index (κ1) is 19.4. The zero-order valence-electron chi connectivity index (χ0n) is 15.6. The highest BCUT2D eigenvalue weighted by atomic mass is 79.9. The smallest absolute Gasteiger partial charge is 0.323 e. The number of nitrogens with zero attached hydrogens (tertiary/aromatic N) is 2. The van der Waals surface area contributed by atoms with Gasteiger partial charge in [0.15, 0.2) is 0 Å². The second kappa shape index (κ2) is 7.81. The predicted molar refractivity (Wildman–Crippen MR) is 108 cm³/mol. The third-order valence-electron chi connectivity index (χ3n) is 6.09. The van der Waals surface area contributed by atoms with E-state index in [1.165, 1.54) is 12.7 Å². The first-order valence-corrected chi connectivity index (χ1v) is 10.2. The molecule has 2 aliphatic rings. The normalized spacial score (nSPS) is 26.1. The molecule has 2 aliphatic heterocycles. The number of aromatic nitrogens is 1. The number of carbonyl (C=O) groups excluding carboxylic acids is 1. The monoisotopic (exact) mass is 446 g/mol. The molecule has 7 heteroatoms. The number of aliphatic hydroxyl groups excluding tert-OH is 1. The molecule has 4 atom stereocenters. The lowest BCUT2D eigenvalue weighted by Gasteiger charge is -2.29. The lowest BCUT2D eigenvalue weighted by molar-refractivity contribution is -0.148. The number of carbonyl (C=O) groups is 1. The van der Waals surface area contributed by atoms with Crippen LogP contribution >= 0.6 is 15.9 Å². The van der Waals surface area contributed by atoms with Crippen molar-refractivity contribution in [2.75, 3.05) is 20.3 Å². The van der Waals surface area contributed by atoms with Crippen LogP contribution in [0.4, 0.5) is 0 Å². The zero-order chi connectivity index (χ0) is 19.8. The minimum absolute atomic E-state index is 0.00752. The third kappa shape index (κ3) is 3.11. The maximum absolute atomic E-state index is 12.6. The van der Waals surface area contributed by atoms with E-state index in [2.05, 4.69) is 33.0 Å². The Balaban J connectivity index is 1.72. The van der Waals surface area contributed by atoms with Gasteiger partial charge in [0.25, 0.3) is 5.56 Å². The number of halogens is 1. The Labute approximate surface area is 171 Å². The molecule has 0 bridgehead atoms. The van der Waals surface area contributed by atoms with E-state index >= 15 is 0 Å². The van der Waals surface area contributed by atoms with Crippen molar-refractivity contribution in [3.05, 3.63) is 68.5 Å². The molecule has 2 aromatic rings. The summed E-state index contributed by atoms with van der Waals surface area (Å²) < 4.78 is 7.37. The van der Waals surface area contributed by atoms with Crippen LogP contribution in [0.3, 0.4) is 0 Å². The second-order valence-electron chi connectivity index (χ2n) is 7.42. The number of esters is 1. The number of pyridine rings is 1. The molecular formula is C21H23BrN2O4. The minimum atomic E-state index is -0.513. The highest BCUT2D eigenvalue weighted by molar-refractivity contribution is 9.10. The Kier molecular flexibility index (Phi) is 5.40. The first-order chi connectivity index (χ1) is 13.6. The van der Waals surface area contributed by atoms with Crippen LogP contribution in [0.15, 0.2) is 51.7 Å². The van der Waals surface area contributed by atoms with E-state index in [1.54, 1.807) is 10.6 Å². The summed E-state index contributed by atoms with van der Waals surface area (Å²) in [4.78, 5) is 27.3. The van der Waals surface area contributed by atoms with E-state index in [4.69, 9.17) is 4.74 Å². The summed E-state index contributed by atoms with van der Waals surface area (Å²) >= 11 is 3.31. The SMILES string of the molecule is COC(=O)[C@@H]1[C@@H](CO)[C@@H]2Cn3c(ccc(Br)c3=O)[C@@H]2N1CCc1ccccc1. The number of benzene rings is 1. The van der Waals surface area contributed by atoms with E-state index in [9.17, 15) is 14.7 Å². The van der Waals surface area contributed by atoms with Gasteiger partial charge in [0.05, 0.1) is 17.6 Å². The van der Waals surface area contributed by atoms with Gasteiger partial charge in [0.2, 0.25) is 0 Å². The van der Waals surface area contributed by atoms with Gasteiger partial charge in [-0.1, -0.05) is 30.3 Å². The molecule has 6 nitrogen and oxygen atoms in total. The van der Waals surface area contributed by atoms with Crippen LogP contribution in [0.5, 0.6) is 0 Å². The fourth-order valence-electron chi connectivity index (χ4n) is 4.83. The largest absolute Gasteiger partial charge is 0.468 e. The fourth-order valence-corrected chi connectivity index (χ4v) is 5.17. The molecule has 0 saturated carbocycles. The van der Waals surface area contributed by atoms with Crippen molar-refractivity contribution in [2.45, 2.75) is 25.0 Å². The van der Waals surface area contributed by atoms with Crippen molar-refractivity contribution < 1.29 is 14.6 Å². The molecule has 0 amide bonds. The average molecular weight is 447 g/mol. The van der Waals surface area contributed by atoms with Crippen LogP contribution in [-0.2, 0) is 22.5 Å². The summed E-state index contributed by atoms with van der Waals surface area (Å²) in [7, 11) is 1.38. The number of hydrogen-bond acceptors (Lipinski definition) is 5. The van der Waals surface area contributed by atoms with Gasteiger partial charge in [-0.2, -0.15) is 0 Å². The van der Waals surface area contributed by atoms with Crippen molar-refractivity contribution in [3.63, 3.8) is 0 Å². The Hall–Kier alpha value is -1.96. The Morgan fingerprint density at radius 1 is 1.25 bits per heavy atom. The van der Waals surface area contributed by atoms with Crippen LogP contribution in [0, 0.1) is 11.8 Å². The summed E-state index contributed by atoms with van der Waals surface area (Å²) in [5.74, 6) is -0.606.